The number of carbonyl (C=O) groups is 3. The second kappa shape index (κ2) is 10.3. The Morgan fingerprint density at radius 2 is 1.76 bits per heavy atom. The van der Waals surface area contributed by atoms with Crippen LogP contribution in [0.4, 0.5) is 23.8 Å². The summed E-state index contributed by atoms with van der Waals surface area (Å²) < 4.78 is 49.7. The first-order chi connectivity index (χ1) is 19.6. The summed E-state index contributed by atoms with van der Waals surface area (Å²) in [7, 11) is 0. The van der Waals surface area contributed by atoms with Crippen molar-refractivity contribution in [1.82, 2.24) is 20.2 Å². The summed E-state index contributed by atoms with van der Waals surface area (Å²) in [6.07, 6.45) is 0.150. The lowest BCUT2D eigenvalue weighted by Crippen LogP contribution is -2.48. The lowest BCUT2D eigenvalue weighted by molar-refractivity contribution is -0.123. The minimum absolute atomic E-state index is 0.0364. The number of pyridine rings is 2. The average Bonchev–Trinajstić information content (AvgIpc) is 3.30. The van der Waals surface area contributed by atoms with E-state index < -0.39 is 58.1 Å². The van der Waals surface area contributed by atoms with Gasteiger partial charge in [0.25, 0.3) is 0 Å². The van der Waals surface area contributed by atoms with Gasteiger partial charge in [0.15, 0.2) is 17.3 Å². The number of carbonyl (C=O) groups excluding carboxylic acids is 2. The van der Waals surface area contributed by atoms with Crippen molar-refractivity contribution in [3.63, 3.8) is 0 Å². The van der Waals surface area contributed by atoms with Crippen LogP contribution in [0.25, 0.3) is 16.7 Å². The highest BCUT2D eigenvalue weighted by atomic mass is 19.1. The fraction of sp³-hybridized carbons (Fsp3) is 0.393. The van der Waals surface area contributed by atoms with Gasteiger partial charge in [0.1, 0.15) is 28.8 Å². The van der Waals surface area contributed by atoms with Crippen LogP contribution in [-0.2, 0) is 9.53 Å². The summed E-state index contributed by atoms with van der Waals surface area (Å²) in [4.78, 5) is 55.0. The number of hydrogen-bond acceptors (Lipinski definition) is 7. The molecule has 2 fully saturated rings. The van der Waals surface area contributed by atoms with Gasteiger partial charge in [-0.05, 0) is 45.9 Å². The van der Waals surface area contributed by atoms with E-state index in [4.69, 9.17) is 4.74 Å². The fourth-order valence-corrected chi connectivity index (χ4v) is 5.20. The first-order valence-electron chi connectivity index (χ1n) is 13.1. The quantitative estimate of drug-likeness (QED) is 0.400. The Bertz CT molecular complexity index is 1680. The largest absolute Gasteiger partial charge is 0.477 e. The van der Waals surface area contributed by atoms with Crippen LogP contribution < -0.4 is 21.0 Å². The third kappa shape index (κ3) is 5.48. The number of halogens is 3. The molecule has 3 heterocycles. The number of piperidine rings is 1. The maximum absolute atomic E-state index is 15.3. The highest BCUT2D eigenvalue weighted by molar-refractivity contribution is 5.92. The van der Waals surface area contributed by atoms with Gasteiger partial charge in [-0.3, -0.25) is 14.2 Å². The van der Waals surface area contributed by atoms with Gasteiger partial charge in [0, 0.05) is 43.2 Å². The summed E-state index contributed by atoms with van der Waals surface area (Å²) in [5, 5.41) is 14.5. The van der Waals surface area contributed by atoms with Crippen molar-refractivity contribution in [3.8, 4) is 5.69 Å². The SMILES string of the molecule is C[C@H](NC(=O)OC(C)(C)C)C(=O)NC1[C@H]2CN(c3nc4c(cc3F)c(=O)c(C(=O)O)cn4-c3ccc(F)cc3F)C[C@@H]12. The molecule has 14 heteroatoms. The van der Waals surface area contributed by atoms with Crippen LogP contribution in [0.15, 0.2) is 35.3 Å². The maximum atomic E-state index is 15.3. The molecule has 3 aromatic rings. The van der Waals surface area contributed by atoms with E-state index in [1.165, 1.54) is 6.92 Å². The molecule has 1 aromatic carbocycles. The number of carboxylic acid groups (broad SMARTS) is 1. The summed E-state index contributed by atoms with van der Waals surface area (Å²) in [5.41, 5.74) is -2.95. The number of hydrogen-bond donors (Lipinski definition) is 3. The fourth-order valence-electron chi connectivity index (χ4n) is 5.20. The number of aromatic carboxylic acids is 1. The number of rotatable bonds is 6. The summed E-state index contributed by atoms with van der Waals surface area (Å²) in [6.45, 7) is 7.25. The van der Waals surface area contributed by atoms with E-state index in [0.29, 0.717) is 19.2 Å². The Morgan fingerprint density at radius 1 is 1.10 bits per heavy atom. The van der Waals surface area contributed by atoms with E-state index in [9.17, 15) is 33.1 Å². The molecule has 42 heavy (non-hydrogen) atoms. The molecule has 0 bridgehead atoms. The van der Waals surface area contributed by atoms with E-state index in [2.05, 4.69) is 15.6 Å². The van der Waals surface area contributed by atoms with Crippen LogP contribution in [0.5, 0.6) is 0 Å². The standard InChI is InChI=1S/C28H28F3N5O6/c1-12(32-27(41)42-28(2,3)4)25(38)33-21-15-9-35(10-16(15)21)24-19(31)8-14-22(37)17(26(39)40)11-36(23(14)34-24)20-6-5-13(29)7-18(20)30/h5-8,11-12,15-16,21H,9-10H2,1-4H3,(H,32,41)(H,33,38)(H,39,40)/t12-,15-,16+,21?/m0/s1. The molecule has 0 spiro atoms. The molecule has 1 saturated carbocycles. The minimum atomic E-state index is -1.61. The number of anilines is 1. The number of aromatic nitrogens is 2. The lowest BCUT2D eigenvalue weighted by Gasteiger charge is -2.24. The van der Waals surface area contributed by atoms with Crippen molar-refractivity contribution >= 4 is 34.8 Å². The van der Waals surface area contributed by atoms with E-state index in [1.54, 1.807) is 25.7 Å². The third-order valence-corrected chi connectivity index (χ3v) is 7.24. The third-order valence-electron chi connectivity index (χ3n) is 7.24. The predicted octanol–water partition coefficient (Wildman–Crippen LogP) is 2.97. The van der Waals surface area contributed by atoms with Crippen LogP contribution in [0.2, 0.25) is 0 Å². The van der Waals surface area contributed by atoms with Crippen LogP contribution in [-0.4, -0.2) is 63.4 Å². The molecule has 2 aromatic heterocycles. The Balaban J connectivity index is 1.36. The lowest BCUT2D eigenvalue weighted by atomic mass is 10.1. The molecule has 2 aliphatic rings. The maximum Gasteiger partial charge on any atom is 0.408 e. The number of fused-ring (bicyclic) bond motifs is 2. The zero-order valence-electron chi connectivity index (χ0n) is 23.1. The first kappa shape index (κ1) is 28.9. The number of alkyl carbamates (subject to hydrolysis) is 1. The van der Waals surface area contributed by atoms with Crippen LogP contribution >= 0.6 is 0 Å². The Labute approximate surface area is 237 Å². The van der Waals surface area contributed by atoms with Crippen molar-refractivity contribution < 1.29 is 37.4 Å². The number of nitrogens with one attached hydrogen (secondary N) is 2. The zero-order chi connectivity index (χ0) is 30.7. The van der Waals surface area contributed by atoms with E-state index in [-0.39, 0.29) is 40.4 Å². The second-order valence-corrected chi connectivity index (χ2v) is 11.4. The summed E-state index contributed by atoms with van der Waals surface area (Å²) in [5.74, 6) is -5.01. The number of benzene rings is 1. The smallest absolute Gasteiger partial charge is 0.408 e. The van der Waals surface area contributed by atoms with Crippen LogP contribution in [0.1, 0.15) is 38.1 Å². The van der Waals surface area contributed by atoms with Crippen molar-refractivity contribution in [2.24, 2.45) is 11.8 Å². The number of ether oxygens (including phenoxy) is 1. The van der Waals surface area contributed by atoms with Gasteiger partial charge in [0.05, 0.1) is 11.1 Å². The molecule has 1 saturated heterocycles. The highest BCUT2D eigenvalue weighted by Crippen LogP contribution is 2.47. The Kier molecular flexibility index (Phi) is 7.11. The molecule has 2 amide bonds. The molecular weight excluding hydrogens is 559 g/mol. The van der Waals surface area contributed by atoms with Gasteiger partial charge in [-0.2, -0.15) is 0 Å². The van der Waals surface area contributed by atoms with E-state index >= 15 is 4.39 Å². The molecule has 1 aliphatic heterocycles. The predicted molar refractivity (Wildman–Crippen MR) is 144 cm³/mol. The molecule has 1 aliphatic carbocycles. The Morgan fingerprint density at radius 3 is 2.36 bits per heavy atom. The second-order valence-electron chi connectivity index (χ2n) is 11.4. The highest BCUT2D eigenvalue weighted by Gasteiger charge is 2.57. The normalized spacial score (nSPS) is 20.2. The molecular formula is C28H28F3N5O6. The van der Waals surface area contributed by atoms with E-state index in [0.717, 1.165) is 29.0 Å². The number of nitrogens with zero attached hydrogens (tertiary/aromatic N) is 3. The molecule has 4 atom stereocenters. The molecule has 1 unspecified atom stereocenters. The molecule has 3 N–H and O–H groups in total. The molecule has 5 rings (SSSR count). The van der Waals surface area contributed by atoms with Crippen LogP contribution in [0.3, 0.4) is 0 Å². The van der Waals surface area contributed by atoms with Gasteiger partial charge in [0.2, 0.25) is 11.3 Å². The topological polar surface area (TPSA) is 143 Å². The van der Waals surface area contributed by atoms with Gasteiger partial charge in [-0.25, -0.2) is 27.7 Å². The van der Waals surface area contributed by atoms with Crippen molar-refractivity contribution in [2.45, 2.75) is 45.4 Å². The van der Waals surface area contributed by atoms with Gasteiger partial charge in [-0.1, -0.05) is 0 Å². The van der Waals surface area contributed by atoms with Crippen LogP contribution in [0, 0.1) is 29.3 Å². The monoisotopic (exact) mass is 587 g/mol. The minimum Gasteiger partial charge on any atom is -0.477 e. The molecule has 222 valence electrons. The van der Waals surface area contributed by atoms with Gasteiger partial charge >= 0.3 is 12.1 Å². The summed E-state index contributed by atoms with van der Waals surface area (Å²) >= 11 is 0. The summed E-state index contributed by atoms with van der Waals surface area (Å²) in [6, 6.07) is 2.41. The Hall–Kier alpha value is -4.62. The number of carboxylic acids is 1. The van der Waals surface area contributed by atoms with Gasteiger partial charge in [-0.15, -0.1) is 0 Å². The molecule has 0 radical (unpaired) electrons. The van der Waals surface area contributed by atoms with Crippen molar-refractivity contribution in [2.75, 3.05) is 18.0 Å². The first-order valence-corrected chi connectivity index (χ1v) is 13.1. The molecule has 11 nitrogen and oxygen atoms in total. The van der Waals surface area contributed by atoms with E-state index in [1.807, 2.05) is 0 Å². The average molecular weight is 588 g/mol. The zero-order valence-corrected chi connectivity index (χ0v) is 23.1. The van der Waals surface area contributed by atoms with Crippen molar-refractivity contribution in [3.05, 3.63) is 63.7 Å². The number of amides is 2. The van der Waals surface area contributed by atoms with Crippen molar-refractivity contribution in [1.29, 1.82) is 0 Å². The van der Waals surface area contributed by atoms with Gasteiger partial charge < -0.3 is 25.4 Å².